The average Bonchev–Trinajstić information content (AvgIpc) is 3.20. The molecule has 1 fully saturated rings. The molecule has 2 N–H and O–H groups in total. The molecule has 1 rings (SSSR count). The number of hydrogen-bond donors (Lipinski definition) is 2. The standard InChI is InChI=1S/C18H30O4/c1-4-12(3)16(19)9-7-6-8-13-10-14(13)11-17(20)15(5-2)18(21)22/h6-7,12-15,17,20H,4-5,8-11H2,1-3H3,(H,21,22)/b7-6-/t12-,13?,14?,15+,17+/m0/s1. The summed E-state index contributed by atoms with van der Waals surface area (Å²) in [7, 11) is 0. The first-order chi connectivity index (χ1) is 10.4. The van der Waals surface area contributed by atoms with Gasteiger partial charge in [0.1, 0.15) is 5.78 Å². The van der Waals surface area contributed by atoms with Crippen LogP contribution in [0.3, 0.4) is 0 Å². The van der Waals surface area contributed by atoms with Gasteiger partial charge in [0, 0.05) is 12.3 Å². The Labute approximate surface area is 133 Å². The molecule has 5 atom stereocenters. The smallest absolute Gasteiger partial charge is 0.309 e. The molecule has 1 aliphatic carbocycles. The fourth-order valence-electron chi connectivity index (χ4n) is 2.87. The molecule has 0 bridgehead atoms. The maximum Gasteiger partial charge on any atom is 0.309 e. The summed E-state index contributed by atoms with van der Waals surface area (Å²) >= 11 is 0. The lowest BCUT2D eigenvalue weighted by Gasteiger charge is -2.17. The van der Waals surface area contributed by atoms with Crippen LogP contribution >= 0.6 is 0 Å². The molecular formula is C18H30O4. The van der Waals surface area contributed by atoms with E-state index in [0.717, 1.165) is 19.3 Å². The number of allylic oxidation sites excluding steroid dienone is 2. The van der Waals surface area contributed by atoms with Gasteiger partial charge in [0.25, 0.3) is 0 Å². The third-order valence-corrected chi connectivity index (χ3v) is 4.92. The predicted octanol–water partition coefficient (Wildman–Crippen LogP) is 3.44. The lowest BCUT2D eigenvalue weighted by atomic mass is 9.94. The van der Waals surface area contributed by atoms with E-state index < -0.39 is 18.0 Å². The summed E-state index contributed by atoms with van der Waals surface area (Å²) in [6.45, 7) is 5.78. The Balaban J connectivity index is 2.24. The van der Waals surface area contributed by atoms with Gasteiger partial charge in [-0.3, -0.25) is 9.59 Å². The van der Waals surface area contributed by atoms with E-state index in [1.165, 1.54) is 0 Å². The van der Waals surface area contributed by atoms with Crippen molar-refractivity contribution >= 4 is 11.8 Å². The number of Topliss-reactive ketones (excluding diaryl/α,β-unsaturated/α-hetero) is 1. The first-order valence-corrected chi connectivity index (χ1v) is 8.49. The van der Waals surface area contributed by atoms with Gasteiger partial charge in [-0.2, -0.15) is 0 Å². The molecule has 126 valence electrons. The van der Waals surface area contributed by atoms with Crippen LogP contribution in [0, 0.1) is 23.7 Å². The van der Waals surface area contributed by atoms with Crippen molar-refractivity contribution in [3.05, 3.63) is 12.2 Å². The van der Waals surface area contributed by atoms with Crippen LogP contribution in [-0.4, -0.2) is 28.1 Å². The quantitative estimate of drug-likeness (QED) is 0.573. The lowest BCUT2D eigenvalue weighted by Crippen LogP contribution is -2.28. The highest BCUT2D eigenvalue weighted by molar-refractivity contribution is 5.81. The van der Waals surface area contributed by atoms with Crippen LogP contribution in [0.2, 0.25) is 0 Å². The molecule has 0 aromatic rings. The van der Waals surface area contributed by atoms with Crippen LogP contribution in [0.25, 0.3) is 0 Å². The van der Waals surface area contributed by atoms with Crippen molar-refractivity contribution in [2.45, 2.75) is 65.4 Å². The van der Waals surface area contributed by atoms with Crippen molar-refractivity contribution in [3.63, 3.8) is 0 Å². The van der Waals surface area contributed by atoms with Gasteiger partial charge in [-0.15, -0.1) is 0 Å². The van der Waals surface area contributed by atoms with E-state index >= 15 is 0 Å². The van der Waals surface area contributed by atoms with Crippen LogP contribution in [0.5, 0.6) is 0 Å². The van der Waals surface area contributed by atoms with Gasteiger partial charge in [0.05, 0.1) is 12.0 Å². The van der Waals surface area contributed by atoms with E-state index in [0.29, 0.717) is 31.1 Å². The van der Waals surface area contributed by atoms with E-state index in [1.807, 2.05) is 19.9 Å². The summed E-state index contributed by atoms with van der Waals surface area (Å²) < 4.78 is 0. The van der Waals surface area contributed by atoms with Gasteiger partial charge in [-0.25, -0.2) is 0 Å². The number of rotatable bonds is 11. The molecule has 1 saturated carbocycles. The third-order valence-electron chi connectivity index (χ3n) is 4.92. The zero-order valence-electron chi connectivity index (χ0n) is 14.0. The van der Waals surface area contributed by atoms with E-state index in [4.69, 9.17) is 5.11 Å². The Hall–Kier alpha value is -1.16. The molecule has 0 saturated heterocycles. The van der Waals surface area contributed by atoms with E-state index in [-0.39, 0.29) is 11.7 Å². The predicted molar refractivity (Wildman–Crippen MR) is 86.5 cm³/mol. The first-order valence-electron chi connectivity index (χ1n) is 8.49. The number of carbonyl (C=O) groups is 2. The number of aliphatic hydroxyl groups excluding tert-OH is 1. The number of aliphatic carboxylic acids is 1. The molecule has 0 heterocycles. The number of hydrogen-bond acceptors (Lipinski definition) is 3. The minimum Gasteiger partial charge on any atom is -0.481 e. The summed E-state index contributed by atoms with van der Waals surface area (Å²) in [5.74, 6) is -0.168. The summed E-state index contributed by atoms with van der Waals surface area (Å²) in [4.78, 5) is 22.7. The van der Waals surface area contributed by atoms with Crippen molar-refractivity contribution < 1.29 is 19.8 Å². The maximum atomic E-state index is 11.7. The summed E-state index contributed by atoms with van der Waals surface area (Å²) in [5, 5.41) is 19.0. The molecule has 0 aliphatic heterocycles. The lowest BCUT2D eigenvalue weighted by molar-refractivity contribution is -0.146. The molecule has 22 heavy (non-hydrogen) atoms. The number of ketones is 1. The van der Waals surface area contributed by atoms with E-state index in [2.05, 4.69) is 6.08 Å². The van der Waals surface area contributed by atoms with Gasteiger partial charge >= 0.3 is 5.97 Å². The van der Waals surface area contributed by atoms with Crippen LogP contribution in [-0.2, 0) is 9.59 Å². The fourth-order valence-corrected chi connectivity index (χ4v) is 2.87. The monoisotopic (exact) mass is 310 g/mol. The van der Waals surface area contributed by atoms with Crippen molar-refractivity contribution in [2.24, 2.45) is 23.7 Å². The van der Waals surface area contributed by atoms with Crippen molar-refractivity contribution in [2.75, 3.05) is 0 Å². The molecule has 0 spiro atoms. The SMILES string of the molecule is CC[C@H](C)C(=O)C/C=C\CC1CC1C[C@@H](O)[C@@H](CC)C(=O)O. The highest BCUT2D eigenvalue weighted by Gasteiger charge is 2.39. The molecule has 1 aliphatic rings. The van der Waals surface area contributed by atoms with Crippen LogP contribution in [0.1, 0.15) is 59.3 Å². The van der Waals surface area contributed by atoms with Crippen LogP contribution in [0.15, 0.2) is 12.2 Å². The molecule has 0 aromatic carbocycles. The maximum absolute atomic E-state index is 11.7. The minimum atomic E-state index is -0.907. The zero-order valence-corrected chi connectivity index (χ0v) is 14.0. The van der Waals surface area contributed by atoms with E-state index in [9.17, 15) is 14.7 Å². The van der Waals surface area contributed by atoms with Gasteiger partial charge in [0.15, 0.2) is 0 Å². The molecule has 0 amide bonds. The molecule has 0 radical (unpaired) electrons. The second kappa shape index (κ2) is 9.09. The Kier molecular flexibility index (Phi) is 7.80. The highest BCUT2D eigenvalue weighted by Crippen LogP contribution is 2.45. The fraction of sp³-hybridized carbons (Fsp3) is 0.778. The Morgan fingerprint density at radius 1 is 1.18 bits per heavy atom. The Morgan fingerprint density at radius 3 is 2.41 bits per heavy atom. The molecule has 2 unspecified atom stereocenters. The third kappa shape index (κ3) is 5.91. The number of carbonyl (C=O) groups excluding carboxylic acids is 1. The topological polar surface area (TPSA) is 74.6 Å². The minimum absolute atomic E-state index is 0.135. The van der Waals surface area contributed by atoms with Crippen LogP contribution in [0.4, 0.5) is 0 Å². The largest absolute Gasteiger partial charge is 0.481 e. The van der Waals surface area contributed by atoms with E-state index in [1.54, 1.807) is 6.92 Å². The number of carboxylic acid groups (broad SMARTS) is 1. The first kappa shape index (κ1) is 18.9. The normalized spacial score (nSPS) is 24.9. The Bertz CT molecular complexity index is 402. The van der Waals surface area contributed by atoms with Crippen molar-refractivity contribution in [1.29, 1.82) is 0 Å². The summed E-state index contributed by atoms with van der Waals surface area (Å²) in [6.07, 6.45) is 7.68. The molecule has 0 aromatic heterocycles. The average molecular weight is 310 g/mol. The summed E-state index contributed by atoms with van der Waals surface area (Å²) in [5.41, 5.74) is 0. The molecular weight excluding hydrogens is 280 g/mol. The van der Waals surface area contributed by atoms with Gasteiger partial charge < -0.3 is 10.2 Å². The number of aliphatic hydroxyl groups is 1. The molecule has 4 heteroatoms. The second-order valence-electron chi connectivity index (χ2n) is 6.60. The molecule has 4 nitrogen and oxygen atoms in total. The van der Waals surface area contributed by atoms with Gasteiger partial charge in [0.2, 0.25) is 0 Å². The van der Waals surface area contributed by atoms with Crippen molar-refractivity contribution in [3.8, 4) is 0 Å². The zero-order chi connectivity index (χ0) is 16.7. The van der Waals surface area contributed by atoms with Crippen molar-refractivity contribution in [1.82, 2.24) is 0 Å². The summed E-state index contributed by atoms with van der Waals surface area (Å²) in [6, 6.07) is 0. The van der Waals surface area contributed by atoms with Gasteiger partial charge in [-0.1, -0.05) is 32.9 Å². The number of carboxylic acids is 1. The Morgan fingerprint density at radius 2 is 1.86 bits per heavy atom. The van der Waals surface area contributed by atoms with Gasteiger partial charge in [-0.05, 0) is 43.9 Å². The van der Waals surface area contributed by atoms with Crippen LogP contribution < -0.4 is 0 Å². The highest BCUT2D eigenvalue weighted by atomic mass is 16.4. The second-order valence-corrected chi connectivity index (χ2v) is 6.60.